The van der Waals surface area contributed by atoms with Crippen molar-refractivity contribution in [3.8, 4) is 0 Å². The molecule has 0 radical (unpaired) electrons. The predicted octanol–water partition coefficient (Wildman–Crippen LogP) is 4.20. The van der Waals surface area contributed by atoms with Crippen molar-refractivity contribution in [2.24, 2.45) is 0 Å². The van der Waals surface area contributed by atoms with Crippen molar-refractivity contribution in [2.45, 2.75) is 20.4 Å². The van der Waals surface area contributed by atoms with Crippen molar-refractivity contribution < 1.29 is 9.59 Å². The van der Waals surface area contributed by atoms with Gasteiger partial charge >= 0.3 is 0 Å². The van der Waals surface area contributed by atoms with E-state index in [2.05, 4.69) is 36.9 Å². The van der Waals surface area contributed by atoms with Crippen LogP contribution in [0.5, 0.6) is 0 Å². The monoisotopic (exact) mass is 461 g/mol. The summed E-state index contributed by atoms with van der Waals surface area (Å²) < 4.78 is 2.14. The van der Waals surface area contributed by atoms with E-state index in [-0.39, 0.29) is 18.1 Å². The number of anilines is 2. The average molecular weight is 463 g/mol. The van der Waals surface area contributed by atoms with Crippen LogP contribution in [0.25, 0.3) is 0 Å². The van der Waals surface area contributed by atoms with Gasteiger partial charge in [0.15, 0.2) is 5.69 Å². The third-order valence-corrected chi connectivity index (χ3v) is 4.86. The van der Waals surface area contributed by atoms with Crippen LogP contribution in [0.15, 0.2) is 46.9 Å². The normalized spacial score (nSPS) is 10.6. The SMILES string of the molecule is Cc1ccc(NC(=O)c2nnn(CC(=O)Nc3cccc(Cl)c3)c2C)c(Br)c1. The number of benzene rings is 2. The third kappa shape index (κ3) is 4.76. The zero-order valence-electron chi connectivity index (χ0n) is 15.2. The van der Waals surface area contributed by atoms with Gasteiger partial charge in [0.2, 0.25) is 5.91 Å². The molecule has 0 fully saturated rings. The van der Waals surface area contributed by atoms with Crippen molar-refractivity contribution in [2.75, 3.05) is 10.6 Å². The van der Waals surface area contributed by atoms with Gasteiger partial charge in [0, 0.05) is 15.2 Å². The van der Waals surface area contributed by atoms with Gasteiger partial charge < -0.3 is 10.6 Å². The number of halogens is 2. The minimum atomic E-state index is -0.399. The van der Waals surface area contributed by atoms with Crippen LogP contribution >= 0.6 is 27.5 Å². The largest absolute Gasteiger partial charge is 0.324 e. The van der Waals surface area contributed by atoms with Gasteiger partial charge in [0.05, 0.1) is 11.4 Å². The first-order chi connectivity index (χ1) is 13.3. The number of rotatable bonds is 5. The number of nitrogens with zero attached hydrogens (tertiary/aromatic N) is 3. The molecule has 2 N–H and O–H groups in total. The molecule has 3 aromatic rings. The summed E-state index contributed by atoms with van der Waals surface area (Å²) in [6.07, 6.45) is 0. The van der Waals surface area contributed by atoms with Crippen LogP contribution in [0, 0.1) is 13.8 Å². The number of carbonyl (C=O) groups is 2. The van der Waals surface area contributed by atoms with E-state index in [1.54, 1.807) is 37.3 Å². The van der Waals surface area contributed by atoms with E-state index in [4.69, 9.17) is 11.6 Å². The van der Waals surface area contributed by atoms with Gasteiger partial charge in [-0.1, -0.05) is 28.9 Å². The third-order valence-electron chi connectivity index (χ3n) is 3.97. The molecule has 144 valence electrons. The van der Waals surface area contributed by atoms with Crippen molar-refractivity contribution in [1.29, 1.82) is 0 Å². The molecule has 0 atom stereocenters. The van der Waals surface area contributed by atoms with Crippen LogP contribution in [0.1, 0.15) is 21.7 Å². The Morgan fingerprint density at radius 3 is 2.64 bits per heavy atom. The van der Waals surface area contributed by atoms with Crippen LogP contribution in [0.4, 0.5) is 11.4 Å². The highest BCUT2D eigenvalue weighted by atomic mass is 79.9. The number of nitrogens with one attached hydrogen (secondary N) is 2. The molecule has 0 bridgehead atoms. The summed E-state index contributed by atoms with van der Waals surface area (Å²) in [5.74, 6) is -0.702. The Labute approximate surface area is 175 Å². The van der Waals surface area contributed by atoms with E-state index in [0.29, 0.717) is 22.1 Å². The van der Waals surface area contributed by atoms with Gasteiger partial charge in [0.1, 0.15) is 6.54 Å². The van der Waals surface area contributed by atoms with Crippen molar-refractivity contribution >= 4 is 50.7 Å². The second-order valence-corrected chi connectivity index (χ2v) is 7.47. The lowest BCUT2D eigenvalue weighted by Crippen LogP contribution is -2.21. The van der Waals surface area contributed by atoms with E-state index in [9.17, 15) is 9.59 Å². The zero-order valence-corrected chi connectivity index (χ0v) is 17.5. The molecule has 2 aromatic carbocycles. The molecule has 0 saturated heterocycles. The number of carbonyl (C=O) groups excluding carboxylic acids is 2. The lowest BCUT2D eigenvalue weighted by Gasteiger charge is -2.08. The van der Waals surface area contributed by atoms with Gasteiger partial charge in [-0.15, -0.1) is 5.10 Å². The molecule has 1 aromatic heterocycles. The Morgan fingerprint density at radius 1 is 1.14 bits per heavy atom. The molecular weight excluding hydrogens is 446 g/mol. The van der Waals surface area contributed by atoms with Crippen molar-refractivity contribution in [1.82, 2.24) is 15.0 Å². The maximum absolute atomic E-state index is 12.5. The lowest BCUT2D eigenvalue weighted by atomic mass is 10.2. The second-order valence-electron chi connectivity index (χ2n) is 6.18. The van der Waals surface area contributed by atoms with Crippen molar-refractivity contribution in [3.63, 3.8) is 0 Å². The fourth-order valence-electron chi connectivity index (χ4n) is 2.53. The molecule has 0 aliphatic carbocycles. The van der Waals surface area contributed by atoms with E-state index in [1.807, 2.05) is 19.1 Å². The molecule has 0 aliphatic rings. The van der Waals surface area contributed by atoms with Crippen LogP contribution in [0.3, 0.4) is 0 Å². The van der Waals surface area contributed by atoms with E-state index in [1.165, 1.54) is 4.68 Å². The summed E-state index contributed by atoms with van der Waals surface area (Å²) in [5, 5.41) is 13.9. The van der Waals surface area contributed by atoms with Crippen LogP contribution in [-0.4, -0.2) is 26.8 Å². The van der Waals surface area contributed by atoms with Crippen LogP contribution in [0.2, 0.25) is 5.02 Å². The Morgan fingerprint density at radius 2 is 1.93 bits per heavy atom. The van der Waals surface area contributed by atoms with Gasteiger partial charge in [-0.2, -0.15) is 0 Å². The van der Waals surface area contributed by atoms with E-state index >= 15 is 0 Å². The molecule has 9 heteroatoms. The van der Waals surface area contributed by atoms with Gasteiger partial charge in [-0.25, -0.2) is 4.68 Å². The summed E-state index contributed by atoms with van der Waals surface area (Å²) in [4.78, 5) is 24.8. The standard InChI is InChI=1S/C19H17BrClN5O2/c1-11-6-7-16(15(20)8-11)23-19(28)18-12(2)26(25-24-18)10-17(27)22-14-5-3-4-13(21)9-14/h3-9H,10H2,1-2H3,(H,22,27)(H,23,28). The smallest absolute Gasteiger partial charge is 0.278 e. The molecule has 1 heterocycles. The molecular formula is C19H17BrClN5O2. The quantitative estimate of drug-likeness (QED) is 0.595. The number of hydrogen-bond donors (Lipinski definition) is 2. The molecule has 0 aliphatic heterocycles. The topological polar surface area (TPSA) is 88.9 Å². The molecule has 2 amide bonds. The van der Waals surface area contributed by atoms with E-state index in [0.717, 1.165) is 10.0 Å². The fourth-order valence-corrected chi connectivity index (χ4v) is 3.31. The molecule has 0 spiro atoms. The summed E-state index contributed by atoms with van der Waals surface area (Å²) in [5.41, 5.74) is 2.92. The highest BCUT2D eigenvalue weighted by molar-refractivity contribution is 9.10. The highest BCUT2D eigenvalue weighted by Crippen LogP contribution is 2.24. The first kappa shape index (κ1) is 20.0. The van der Waals surface area contributed by atoms with Crippen LogP contribution in [-0.2, 0) is 11.3 Å². The lowest BCUT2D eigenvalue weighted by molar-refractivity contribution is -0.117. The number of amides is 2. The van der Waals surface area contributed by atoms with Crippen LogP contribution < -0.4 is 10.6 Å². The number of aromatic nitrogens is 3. The zero-order chi connectivity index (χ0) is 20.3. The highest BCUT2D eigenvalue weighted by Gasteiger charge is 2.19. The van der Waals surface area contributed by atoms with Gasteiger partial charge in [-0.3, -0.25) is 9.59 Å². The van der Waals surface area contributed by atoms with Gasteiger partial charge in [-0.05, 0) is 65.7 Å². The molecule has 7 nitrogen and oxygen atoms in total. The van der Waals surface area contributed by atoms with Gasteiger partial charge in [0.25, 0.3) is 5.91 Å². The molecule has 3 rings (SSSR count). The maximum Gasteiger partial charge on any atom is 0.278 e. The Kier molecular flexibility index (Phi) is 6.11. The first-order valence-electron chi connectivity index (χ1n) is 8.36. The minimum Gasteiger partial charge on any atom is -0.324 e. The summed E-state index contributed by atoms with van der Waals surface area (Å²) in [7, 11) is 0. The summed E-state index contributed by atoms with van der Waals surface area (Å²) in [6, 6.07) is 12.4. The Balaban J connectivity index is 1.69. The Hall–Kier alpha value is -2.71. The van der Waals surface area contributed by atoms with Crippen molar-refractivity contribution in [3.05, 3.63) is 68.9 Å². The van der Waals surface area contributed by atoms with E-state index < -0.39 is 5.91 Å². The molecule has 0 saturated carbocycles. The number of aryl methyl sites for hydroxylation is 1. The maximum atomic E-state index is 12.5. The summed E-state index contributed by atoms with van der Waals surface area (Å²) in [6.45, 7) is 3.57. The Bertz CT molecular complexity index is 1050. The molecule has 28 heavy (non-hydrogen) atoms. The average Bonchev–Trinajstić information content (AvgIpc) is 2.98. The minimum absolute atomic E-state index is 0.0765. The number of hydrogen-bond acceptors (Lipinski definition) is 4. The fraction of sp³-hybridized carbons (Fsp3) is 0.158. The summed E-state index contributed by atoms with van der Waals surface area (Å²) >= 11 is 9.33. The first-order valence-corrected chi connectivity index (χ1v) is 9.53. The predicted molar refractivity (Wildman–Crippen MR) is 112 cm³/mol. The second kappa shape index (κ2) is 8.53. The molecule has 0 unspecified atom stereocenters.